The molecule has 156 valence electrons. The van der Waals surface area contributed by atoms with Crippen LogP contribution in [0.2, 0.25) is 0 Å². The highest BCUT2D eigenvalue weighted by atomic mass is 127. The van der Waals surface area contributed by atoms with E-state index >= 15 is 0 Å². The molecule has 0 unspecified atom stereocenters. The Morgan fingerprint density at radius 3 is 2.43 bits per heavy atom. The van der Waals surface area contributed by atoms with E-state index in [0.29, 0.717) is 12.5 Å². The van der Waals surface area contributed by atoms with Crippen LogP contribution in [0, 0.1) is 6.92 Å². The Kier molecular flexibility index (Phi) is 9.77. The molecule has 5 nitrogen and oxygen atoms in total. The number of alkyl halides is 3. The lowest BCUT2D eigenvalue weighted by Crippen LogP contribution is -2.38. The number of imidazole rings is 1. The molecule has 0 aliphatic heterocycles. The molecule has 1 heterocycles. The summed E-state index contributed by atoms with van der Waals surface area (Å²) in [6, 6.07) is 5.22. The van der Waals surface area contributed by atoms with Crippen LogP contribution in [-0.4, -0.2) is 41.1 Å². The zero-order valence-electron chi connectivity index (χ0n) is 16.3. The van der Waals surface area contributed by atoms with Gasteiger partial charge in [-0.25, -0.2) is 4.98 Å². The van der Waals surface area contributed by atoms with Crippen LogP contribution < -0.4 is 5.32 Å². The summed E-state index contributed by atoms with van der Waals surface area (Å²) in [5, 5.41) is 3.29. The first-order valence-corrected chi connectivity index (χ1v) is 8.87. The lowest BCUT2D eigenvalue weighted by atomic mass is 10.1. The summed E-state index contributed by atoms with van der Waals surface area (Å²) in [5.41, 5.74) is 0.161. The maximum absolute atomic E-state index is 12.6. The van der Waals surface area contributed by atoms with E-state index in [9.17, 15) is 13.2 Å². The molecule has 0 saturated carbocycles. The number of guanidine groups is 1. The van der Waals surface area contributed by atoms with Crippen LogP contribution in [0.3, 0.4) is 0 Å². The summed E-state index contributed by atoms with van der Waals surface area (Å²) in [6.07, 6.45) is 1.46. The molecule has 1 N–H and O–H groups in total. The normalized spacial score (nSPS) is 11.9. The lowest BCUT2D eigenvalue weighted by molar-refractivity contribution is -0.137. The number of aliphatic imine (C=N–C) groups is 1. The van der Waals surface area contributed by atoms with Crippen molar-refractivity contribution in [3.63, 3.8) is 0 Å². The average molecular weight is 509 g/mol. The summed E-state index contributed by atoms with van der Waals surface area (Å²) in [6.45, 7) is 4.16. The van der Waals surface area contributed by atoms with Crippen molar-refractivity contribution in [1.29, 1.82) is 0 Å². The molecular formula is C19H27F3IN5. The monoisotopic (exact) mass is 509 g/mol. The second-order valence-corrected chi connectivity index (χ2v) is 6.40. The van der Waals surface area contributed by atoms with Crippen LogP contribution in [0.5, 0.6) is 0 Å². The van der Waals surface area contributed by atoms with E-state index in [1.54, 1.807) is 13.2 Å². The van der Waals surface area contributed by atoms with Crippen molar-refractivity contribution in [2.45, 2.75) is 39.0 Å². The molecule has 0 amide bonds. The number of hydrogen-bond donors (Lipinski definition) is 1. The highest BCUT2D eigenvalue weighted by Gasteiger charge is 2.29. The highest BCUT2D eigenvalue weighted by Crippen LogP contribution is 2.29. The molecule has 0 aliphatic carbocycles. The summed E-state index contributed by atoms with van der Waals surface area (Å²) >= 11 is 0. The first-order valence-electron chi connectivity index (χ1n) is 8.87. The lowest BCUT2D eigenvalue weighted by Gasteiger charge is -2.22. The van der Waals surface area contributed by atoms with Gasteiger partial charge < -0.3 is 14.8 Å². The molecule has 0 atom stereocenters. The van der Waals surface area contributed by atoms with Crippen LogP contribution in [0.1, 0.15) is 29.8 Å². The minimum Gasteiger partial charge on any atom is -0.356 e. The van der Waals surface area contributed by atoms with Crippen molar-refractivity contribution in [2.75, 3.05) is 20.6 Å². The van der Waals surface area contributed by atoms with Gasteiger partial charge in [-0.3, -0.25) is 4.99 Å². The molecule has 28 heavy (non-hydrogen) atoms. The van der Waals surface area contributed by atoms with Gasteiger partial charge in [0.25, 0.3) is 0 Å². The van der Waals surface area contributed by atoms with Gasteiger partial charge in [0.1, 0.15) is 5.82 Å². The third-order valence-corrected chi connectivity index (χ3v) is 4.31. The number of hydrogen-bond acceptors (Lipinski definition) is 2. The van der Waals surface area contributed by atoms with Crippen LogP contribution in [0.25, 0.3) is 0 Å². The Hall–Kier alpha value is -1.78. The van der Waals surface area contributed by atoms with Crippen molar-refractivity contribution in [2.24, 2.45) is 4.99 Å². The molecule has 0 spiro atoms. The first kappa shape index (κ1) is 24.3. The van der Waals surface area contributed by atoms with Gasteiger partial charge in [-0.2, -0.15) is 13.2 Å². The van der Waals surface area contributed by atoms with E-state index in [-0.39, 0.29) is 24.0 Å². The molecule has 1 aromatic heterocycles. The van der Waals surface area contributed by atoms with E-state index in [2.05, 4.69) is 19.9 Å². The molecule has 0 radical (unpaired) electrons. The van der Waals surface area contributed by atoms with E-state index in [1.807, 2.05) is 25.1 Å². The van der Waals surface area contributed by atoms with Crippen molar-refractivity contribution in [1.82, 2.24) is 19.8 Å². The average Bonchev–Trinajstić information content (AvgIpc) is 3.02. The van der Waals surface area contributed by atoms with Crippen molar-refractivity contribution in [3.05, 3.63) is 53.6 Å². The fourth-order valence-electron chi connectivity index (χ4n) is 2.78. The molecule has 0 fully saturated rings. The van der Waals surface area contributed by atoms with Crippen LogP contribution >= 0.6 is 24.0 Å². The van der Waals surface area contributed by atoms with Crippen molar-refractivity contribution in [3.8, 4) is 0 Å². The quantitative estimate of drug-likeness (QED) is 0.262. The van der Waals surface area contributed by atoms with Gasteiger partial charge >= 0.3 is 6.18 Å². The topological polar surface area (TPSA) is 45.5 Å². The van der Waals surface area contributed by atoms with E-state index in [1.165, 1.54) is 12.1 Å². The molecule has 9 heteroatoms. The largest absolute Gasteiger partial charge is 0.416 e. The SMILES string of the molecule is CN=C(NCCCCn1ccnc1C)N(C)Cc1ccc(C(F)(F)F)cc1.I. The fraction of sp³-hybridized carbons (Fsp3) is 0.474. The Morgan fingerprint density at radius 2 is 1.89 bits per heavy atom. The van der Waals surface area contributed by atoms with Gasteiger partial charge in [0.05, 0.1) is 5.56 Å². The third-order valence-electron chi connectivity index (χ3n) is 4.31. The van der Waals surface area contributed by atoms with Crippen LogP contribution in [-0.2, 0) is 19.3 Å². The number of nitrogens with one attached hydrogen (secondary N) is 1. The number of halogens is 4. The number of aromatic nitrogens is 2. The van der Waals surface area contributed by atoms with Crippen LogP contribution in [0.4, 0.5) is 13.2 Å². The minimum atomic E-state index is -4.31. The Balaban J connectivity index is 0.00000392. The zero-order chi connectivity index (χ0) is 19.9. The smallest absolute Gasteiger partial charge is 0.356 e. The molecule has 0 bridgehead atoms. The minimum absolute atomic E-state index is 0. The molecular weight excluding hydrogens is 482 g/mol. The van der Waals surface area contributed by atoms with Gasteiger partial charge in [-0.1, -0.05) is 12.1 Å². The fourth-order valence-corrected chi connectivity index (χ4v) is 2.78. The predicted octanol–water partition coefficient (Wildman–Crippen LogP) is 4.32. The van der Waals surface area contributed by atoms with E-state index < -0.39 is 11.7 Å². The summed E-state index contributed by atoms with van der Waals surface area (Å²) < 4.78 is 40.0. The second kappa shape index (κ2) is 11.3. The molecule has 2 rings (SSSR count). The van der Waals surface area contributed by atoms with Gasteiger partial charge in [-0.15, -0.1) is 24.0 Å². The molecule has 1 aromatic carbocycles. The third kappa shape index (κ3) is 7.33. The van der Waals surface area contributed by atoms with Gasteiger partial charge in [0.2, 0.25) is 0 Å². The number of rotatable bonds is 7. The van der Waals surface area contributed by atoms with E-state index in [4.69, 9.17) is 0 Å². The standard InChI is InChI=1S/C19H26F3N5.HI/c1-15-24-11-13-27(15)12-5-4-10-25-18(23-2)26(3)14-16-6-8-17(9-7-16)19(20,21)22;/h6-9,11,13H,4-5,10,12,14H2,1-3H3,(H,23,25);1H. The van der Waals surface area contributed by atoms with E-state index in [0.717, 1.165) is 49.5 Å². The Labute approximate surface area is 181 Å². The Bertz CT molecular complexity index is 741. The Morgan fingerprint density at radius 1 is 1.21 bits per heavy atom. The first-order chi connectivity index (χ1) is 12.8. The number of unbranched alkanes of at least 4 members (excludes halogenated alkanes) is 1. The summed E-state index contributed by atoms with van der Waals surface area (Å²) in [4.78, 5) is 10.3. The predicted molar refractivity (Wildman–Crippen MR) is 116 cm³/mol. The number of aryl methyl sites for hydroxylation is 2. The summed E-state index contributed by atoms with van der Waals surface area (Å²) in [5.74, 6) is 1.73. The molecule has 0 saturated heterocycles. The van der Waals surface area contributed by atoms with Gasteiger partial charge in [-0.05, 0) is 37.5 Å². The summed E-state index contributed by atoms with van der Waals surface area (Å²) in [7, 11) is 3.56. The maximum Gasteiger partial charge on any atom is 0.416 e. The highest BCUT2D eigenvalue weighted by molar-refractivity contribution is 14.0. The number of nitrogens with zero attached hydrogens (tertiary/aromatic N) is 4. The van der Waals surface area contributed by atoms with Gasteiger partial charge in [0, 0.05) is 46.1 Å². The second-order valence-electron chi connectivity index (χ2n) is 6.40. The molecule has 2 aromatic rings. The van der Waals surface area contributed by atoms with Crippen molar-refractivity contribution < 1.29 is 13.2 Å². The van der Waals surface area contributed by atoms with Crippen molar-refractivity contribution >= 4 is 29.9 Å². The molecule has 0 aliphatic rings. The number of benzene rings is 1. The maximum atomic E-state index is 12.6. The van der Waals surface area contributed by atoms with Gasteiger partial charge in [0.15, 0.2) is 5.96 Å². The zero-order valence-corrected chi connectivity index (χ0v) is 18.7. The van der Waals surface area contributed by atoms with Crippen LogP contribution in [0.15, 0.2) is 41.7 Å².